The van der Waals surface area contributed by atoms with E-state index in [4.69, 9.17) is 5.73 Å². The summed E-state index contributed by atoms with van der Waals surface area (Å²) in [6.45, 7) is 3.98. The minimum Gasteiger partial charge on any atom is -0.369 e. The first kappa shape index (κ1) is 11.4. The maximum absolute atomic E-state index is 11.7. The van der Waals surface area contributed by atoms with Crippen molar-refractivity contribution in [3.63, 3.8) is 0 Å². The number of nitrogens with two attached hydrogens (primary N) is 1. The van der Waals surface area contributed by atoms with Crippen molar-refractivity contribution >= 4 is 17.5 Å². The lowest BCUT2D eigenvalue weighted by atomic mass is 9.89. The van der Waals surface area contributed by atoms with Crippen molar-refractivity contribution in [3.8, 4) is 0 Å². The minimum absolute atomic E-state index is 0.152. The van der Waals surface area contributed by atoms with Crippen molar-refractivity contribution in [1.82, 2.24) is 0 Å². The van der Waals surface area contributed by atoms with E-state index in [1.54, 1.807) is 4.90 Å². The highest BCUT2D eigenvalue weighted by atomic mass is 16.2. The number of rotatable bonds is 2. The average Bonchev–Trinajstić information content (AvgIpc) is 2.36. The van der Waals surface area contributed by atoms with E-state index in [1.165, 1.54) is 6.08 Å². The molecule has 0 spiro atoms. The van der Waals surface area contributed by atoms with Crippen LogP contribution < -0.4 is 10.6 Å². The lowest BCUT2D eigenvalue weighted by Gasteiger charge is -2.32. The molecule has 1 aliphatic heterocycles. The average molecular weight is 230 g/mol. The van der Waals surface area contributed by atoms with Crippen molar-refractivity contribution in [1.29, 1.82) is 0 Å². The summed E-state index contributed by atoms with van der Waals surface area (Å²) in [7, 11) is 0. The van der Waals surface area contributed by atoms with Crippen LogP contribution in [0.25, 0.3) is 0 Å². The molecule has 1 aliphatic rings. The molecule has 1 heterocycles. The van der Waals surface area contributed by atoms with Crippen molar-refractivity contribution in [2.45, 2.75) is 12.3 Å². The molecule has 2 N–H and O–H groups in total. The standard InChI is InChI=1S/C13H14N2O2/c1-2-12(16)15-8-7-10(13(14)17)9-5-3-4-6-11(9)15/h2-6,10H,1,7-8H2,(H2,14,17). The van der Waals surface area contributed by atoms with Crippen LogP contribution in [0, 0.1) is 0 Å². The monoisotopic (exact) mass is 230 g/mol. The largest absolute Gasteiger partial charge is 0.369 e. The summed E-state index contributed by atoms with van der Waals surface area (Å²) in [6.07, 6.45) is 1.84. The van der Waals surface area contributed by atoms with Gasteiger partial charge in [-0.25, -0.2) is 0 Å². The predicted octanol–water partition coefficient (Wildman–Crippen LogP) is 1.18. The molecule has 2 amide bonds. The van der Waals surface area contributed by atoms with Crippen LogP contribution in [0.15, 0.2) is 36.9 Å². The van der Waals surface area contributed by atoms with Crippen molar-refractivity contribution in [3.05, 3.63) is 42.5 Å². The molecule has 1 unspecified atom stereocenters. The van der Waals surface area contributed by atoms with Crippen molar-refractivity contribution in [2.75, 3.05) is 11.4 Å². The van der Waals surface area contributed by atoms with E-state index >= 15 is 0 Å². The zero-order chi connectivity index (χ0) is 12.4. The number of primary amides is 1. The molecule has 2 rings (SSSR count). The normalized spacial score (nSPS) is 18.4. The highest BCUT2D eigenvalue weighted by molar-refractivity contribution is 6.03. The predicted molar refractivity (Wildman–Crippen MR) is 65.5 cm³/mol. The number of hydrogen-bond acceptors (Lipinski definition) is 2. The third-order valence-electron chi connectivity index (χ3n) is 3.03. The Kier molecular flexibility index (Phi) is 2.95. The van der Waals surface area contributed by atoms with E-state index in [2.05, 4.69) is 6.58 Å². The number of nitrogens with zero attached hydrogens (tertiary/aromatic N) is 1. The quantitative estimate of drug-likeness (QED) is 0.775. The first-order valence-electron chi connectivity index (χ1n) is 5.47. The topological polar surface area (TPSA) is 63.4 Å². The molecule has 4 heteroatoms. The summed E-state index contributed by atoms with van der Waals surface area (Å²) in [5.74, 6) is -0.802. The van der Waals surface area contributed by atoms with Gasteiger partial charge >= 0.3 is 0 Å². The highest BCUT2D eigenvalue weighted by Gasteiger charge is 2.30. The summed E-state index contributed by atoms with van der Waals surface area (Å²) < 4.78 is 0. The fourth-order valence-electron chi connectivity index (χ4n) is 2.20. The second kappa shape index (κ2) is 4.41. The van der Waals surface area contributed by atoms with Gasteiger partial charge in [-0.2, -0.15) is 0 Å². The number of para-hydroxylation sites is 1. The molecule has 0 aromatic heterocycles. The second-order valence-electron chi connectivity index (χ2n) is 4.00. The number of carbonyl (C=O) groups is 2. The third-order valence-corrected chi connectivity index (χ3v) is 3.03. The summed E-state index contributed by atoms with van der Waals surface area (Å²) in [6, 6.07) is 7.35. The molecule has 0 saturated heterocycles. The molecular formula is C13H14N2O2. The van der Waals surface area contributed by atoms with E-state index in [0.717, 1.165) is 11.3 Å². The van der Waals surface area contributed by atoms with Crippen LogP contribution >= 0.6 is 0 Å². The van der Waals surface area contributed by atoms with E-state index < -0.39 is 0 Å². The molecule has 0 saturated carbocycles. The number of anilines is 1. The second-order valence-corrected chi connectivity index (χ2v) is 4.00. The van der Waals surface area contributed by atoms with Gasteiger partial charge in [0.1, 0.15) is 0 Å². The van der Waals surface area contributed by atoms with Crippen LogP contribution in [0.1, 0.15) is 17.9 Å². The van der Waals surface area contributed by atoms with Gasteiger partial charge in [-0.3, -0.25) is 9.59 Å². The van der Waals surface area contributed by atoms with Gasteiger partial charge in [-0.05, 0) is 24.1 Å². The molecule has 0 aliphatic carbocycles. The number of carbonyl (C=O) groups excluding carboxylic acids is 2. The zero-order valence-electron chi connectivity index (χ0n) is 9.43. The van der Waals surface area contributed by atoms with Gasteiger partial charge in [0.2, 0.25) is 11.8 Å². The SMILES string of the molecule is C=CC(=O)N1CCC(C(N)=O)c2ccccc21. The van der Waals surface area contributed by atoms with Gasteiger partial charge in [-0.15, -0.1) is 0 Å². The van der Waals surface area contributed by atoms with Gasteiger partial charge < -0.3 is 10.6 Å². The van der Waals surface area contributed by atoms with Crippen LogP contribution in [-0.4, -0.2) is 18.4 Å². The lowest BCUT2D eigenvalue weighted by Crippen LogP contribution is -2.38. The molecule has 1 atom stereocenters. The molecule has 4 nitrogen and oxygen atoms in total. The fraction of sp³-hybridized carbons (Fsp3) is 0.231. The third kappa shape index (κ3) is 1.93. The Morgan fingerprint density at radius 3 is 2.76 bits per heavy atom. The molecule has 1 aromatic carbocycles. The molecule has 17 heavy (non-hydrogen) atoms. The number of fused-ring (bicyclic) bond motifs is 1. The van der Waals surface area contributed by atoms with Crippen LogP contribution in [0.5, 0.6) is 0 Å². The van der Waals surface area contributed by atoms with E-state index in [1.807, 2.05) is 24.3 Å². The smallest absolute Gasteiger partial charge is 0.250 e. The van der Waals surface area contributed by atoms with Crippen LogP contribution in [0.2, 0.25) is 0 Å². The highest BCUT2D eigenvalue weighted by Crippen LogP contribution is 2.34. The maximum atomic E-state index is 11.7. The van der Waals surface area contributed by atoms with Gasteiger partial charge in [0, 0.05) is 12.2 Å². The van der Waals surface area contributed by atoms with Gasteiger partial charge in [0.15, 0.2) is 0 Å². The molecule has 0 fully saturated rings. The van der Waals surface area contributed by atoms with Gasteiger partial charge in [0.25, 0.3) is 0 Å². The Labute approximate surface area is 99.7 Å². The van der Waals surface area contributed by atoms with Crippen LogP contribution in [-0.2, 0) is 9.59 Å². The van der Waals surface area contributed by atoms with Gasteiger partial charge in [0.05, 0.1) is 5.92 Å². The Balaban J connectivity index is 2.47. The molecule has 1 aromatic rings. The fourth-order valence-corrected chi connectivity index (χ4v) is 2.20. The maximum Gasteiger partial charge on any atom is 0.250 e. The molecule has 0 bridgehead atoms. The van der Waals surface area contributed by atoms with E-state index in [-0.39, 0.29) is 17.7 Å². The van der Waals surface area contributed by atoms with Crippen LogP contribution in [0.4, 0.5) is 5.69 Å². The Hall–Kier alpha value is -2.10. The zero-order valence-corrected chi connectivity index (χ0v) is 9.43. The van der Waals surface area contributed by atoms with E-state index in [9.17, 15) is 9.59 Å². The Morgan fingerprint density at radius 2 is 2.12 bits per heavy atom. The number of hydrogen-bond donors (Lipinski definition) is 1. The first-order chi connectivity index (χ1) is 8.15. The summed E-state index contributed by atoms with van der Waals surface area (Å²) in [5.41, 5.74) is 6.95. The summed E-state index contributed by atoms with van der Waals surface area (Å²) in [5, 5.41) is 0. The van der Waals surface area contributed by atoms with Crippen LogP contribution in [0.3, 0.4) is 0 Å². The Bertz CT molecular complexity index is 482. The number of benzene rings is 1. The molecule has 88 valence electrons. The summed E-state index contributed by atoms with van der Waals surface area (Å²) in [4.78, 5) is 24.7. The molecular weight excluding hydrogens is 216 g/mol. The minimum atomic E-state index is -0.344. The summed E-state index contributed by atoms with van der Waals surface area (Å²) >= 11 is 0. The first-order valence-corrected chi connectivity index (χ1v) is 5.47. The number of amides is 2. The Morgan fingerprint density at radius 1 is 1.41 bits per heavy atom. The van der Waals surface area contributed by atoms with Crippen molar-refractivity contribution in [2.24, 2.45) is 5.73 Å². The van der Waals surface area contributed by atoms with Gasteiger partial charge in [-0.1, -0.05) is 24.8 Å². The lowest BCUT2D eigenvalue weighted by molar-refractivity contribution is -0.120. The van der Waals surface area contributed by atoms with Crippen molar-refractivity contribution < 1.29 is 9.59 Å². The molecule has 0 radical (unpaired) electrons. The van der Waals surface area contributed by atoms with E-state index in [0.29, 0.717) is 13.0 Å².